The molecule has 0 aliphatic heterocycles. The molecular formula is C24H35F3N2O5S2Si. The Kier molecular flexibility index (Phi) is 9.21. The van der Waals surface area contributed by atoms with Gasteiger partial charge in [-0.2, -0.15) is 13.2 Å². The van der Waals surface area contributed by atoms with E-state index in [0.29, 0.717) is 5.56 Å². The van der Waals surface area contributed by atoms with E-state index in [9.17, 15) is 30.0 Å². The van der Waals surface area contributed by atoms with Crippen molar-refractivity contribution in [2.45, 2.75) is 76.3 Å². The van der Waals surface area contributed by atoms with Gasteiger partial charge in [0.05, 0.1) is 17.0 Å². The molecule has 2 rings (SSSR count). The molecule has 208 valence electrons. The van der Waals surface area contributed by atoms with E-state index in [1.165, 1.54) is 30.3 Å². The Bertz CT molecular complexity index is 1320. The molecule has 0 heterocycles. The third kappa shape index (κ3) is 9.01. The average molecular weight is 581 g/mol. The van der Waals surface area contributed by atoms with Gasteiger partial charge in [0.15, 0.2) is 0 Å². The zero-order valence-corrected chi connectivity index (χ0v) is 24.7. The molecule has 0 unspecified atom stereocenters. The Hall–Kier alpha value is -2.09. The van der Waals surface area contributed by atoms with E-state index < -0.39 is 51.4 Å². The van der Waals surface area contributed by atoms with Crippen molar-refractivity contribution in [2.24, 2.45) is 0 Å². The summed E-state index contributed by atoms with van der Waals surface area (Å²) in [5, 5.41) is 0. The molecule has 0 aliphatic rings. The van der Waals surface area contributed by atoms with Crippen LogP contribution in [0.5, 0.6) is 5.75 Å². The van der Waals surface area contributed by atoms with Crippen LogP contribution in [0.1, 0.15) is 45.7 Å². The van der Waals surface area contributed by atoms with Crippen molar-refractivity contribution >= 4 is 34.1 Å². The van der Waals surface area contributed by atoms with E-state index in [2.05, 4.69) is 9.44 Å². The van der Waals surface area contributed by atoms with Crippen LogP contribution >= 0.6 is 0 Å². The number of aryl methyl sites for hydroxylation is 1. The molecule has 37 heavy (non-hydrogen) atoms. The van der Waals surface area contributed by atoms with Gasteiger partial charge in [-0.3, -0.25) is 4.72 Å². The fraction of sp³-hybridized carbons (Fsp3) is 0.500. The maximum absolute atomic E-state index is 13.3. The lowest BCUT2D eigenvalue weighted by Gasteiger charge is -2.29. The normalized spacial score (nSPS) is 13.6. The Balaban J connectivity index is 2.35. The Labute approximate surface area is 219 Å². The zero-order valence-electron chi connectivity index (χ0n) is 22.0. The molecule has 0 aliphatic carbocycles. The number of sulfonamides is 2. The third-order valence-corrected chi connectivity index (χ3v) is 12.3. The second kappa shape index (κ2) is 10.9. The van der Waals surface area contributed by atoms with Crippen LogP contribution in [0.2, 0.25) is 18.6 Å². The van der Waals surface area contributed by atoms with Gasteiger partial charge in [-0.1, -0.05) is 32.0 Å². The summed E-state index contributed by atoms with van der Waals surface area (Å²) in [4.78, 5) is -0.239. The zero-order chi connectivity index (χ0) is 28.4. The number of anilines is 1. The van der Waals surface area contributed by atoms with E-state index in [-0.39, 0.29) is 28.3 Å². The third-order valence-electron chi connectivity index (χ3n) is 5.68. The number of hydrogen-bond donors (Lipinski definition) is 2. The SMILES string of the molecule is CC(C)[Si](C)(C)Oc1cc(C(F)(F)F)ccc1CCS(=O)(=O)Nc1ccccc1S(=O)(=O)NC(C)(C)C. The summed E-state index contributed by atoms with van der Waals surface area (Å²) in [6.07, 6.45) is -4.72. The topological polar surface area (TPSA) is 102 Å². The maximum atomic E-state index is 13.3. The summed E-state index contributed by atoms with van der Waals surface area (Å²) in [7, 11) is -10.5. The van der Waals surface area contributed by atoms with Crippen molar-refractivity contribution in [1.82, 2.24) is 4.72 Å². The predicted molar refractivity (Wildman–Crippen MR) is 142 cm³/mol. The minimum atomic E-state index is -4.58. The summed E-state index contributed by atoms with van der Waals surface area (Å²) in [5.74, 6) is -0.493. The van der Waals surface area contributed by atoms with Gasteiger partial charge in [0.2, 0.25) is 28.4 Å². The molecule has 0 bridgehead atoms. The Morgan fingerprint density at radius 1 is 0.973 bits per heavy atom. The Morgan fingerprint density at radius 3 is 2.11 bits per heavy atom. The lowest BCUT2D eigenvalue weighted by atomic mass is 10.1. The molecule has 0 amide bonds. The summed E-state index contributed by atoms with van der Waals surface area (Å²) in [6.45, 7) is 12.6. The number of rotatable bonds is 10. The molecule has 0 aromatic heterocycles. The van der Waals surface area contributed by atoms with E-state index in [4.69, 9.17) is 4.43 Å². The van der Waals surface area contributed by atoms with Gasteiger partial charge in [-0.15, -0.1) is 0 Å². The van der Waals surface area contributed by atoms with Gasteiger partial charge in [-0.25, -0.2) is 21.6 Å². The van der Waals surface area contributed by atoms with Crippen LogP contribution < -0.4 is 13.9 Å². The van der Waals surface area contributed by atoms with Gasteiger partial charge >= 0.3 is 6.18 Å². The predicted octanol–water partition coefficient (Wildman–Crippen LogP) is 5.76. The summed E-state index contributed by atoms with van der Waals surface area (Å²) in [6, 6.07) is 8.61. The number of para-hydroxylation sites is 1. The molecule has 13 heteroatoms. The second-order valence-corrected chi connectivity index (χ2v) is 18.8. The van der Waals surface area contributed by atoms with Crippen molar-refractivity contribution in [3.63, 3.8) is 0 Å². The van der Waals surface area contributed by atoms with Gasteiger partial charge < -0.3 is 4.43 Å². The van der Waals surface area contributed by atoms with Crippen molar-refractivity contribution < 1.29 is 34.4 Å². The molecule has 0 radical (unpaired) electrons. The number of benzene rings is 2. The highest BCUT2D eigenvalue weighted by atomic mass is 32.2. The number of hydrogen-bond acceptors (Lipinski definition) is 5. The number of halogens is 3. The van der Waals surface area contributed by atoms with Crippen LogP contribution in [0.4, 0.5) is 18.9 Å². The standard InChI is InChI=1S/C24H35F3N2O5S2Si/c1-17(2)37(6,7)34-21-16-19(24(25,26)27)13-12-18(21)14-15-35(30,31)28-20-10-8-9-11-22(20)36(32,33)29-23(3,4)5/h8-13,16-17,28-29H,14-15H2,1-7H3. The molecule has 0 saturated heterocycles. The van der Waals surface area contributed by atoms with Gasteiger partial charge in [0, 0.05) is 5.54 Å². The molecule has 0 saturated carbocycles. The van der Waals surface area contributed by atoms with Crippen LogP contribution in [0.3, 0.4) is 0 Å². The maximum Gasteiger partial charge on any atom is 0.416 e. The Morgan fingerprint density at radius 2 is 1.57 bits per heavy atom. The van der Waals surface area contributed by atoms with E-state index in [1.807, 2.05) is 26.9 Å². The smallest absolute Gasteiger partial charge is 0.416 e. The molecule has 0 fully saturated rings. The largest absolute Gasteiger partial charge is 0.544 e. The van der Waals surface area contributed by atoms with Crippen LogP contribution in [-0.2, 0) is 32.6 Å². The second-order valence-electron chi connectivity index (χ2n) is 10.7. The number of alkyl halides is 3. The van der Waals surface area contributed by atoms with E-state index >= 15 is 0 Å². The summed E-state index contributed by atoms with van der Waals surface area (Å²) < 4.78 is 102. The number of nitrogens with one attached hydrogen (secondary N) is 2. The summed E-state index contributed by atoms with van der Waals surface area (Å²) in [5.41, 5.74) is -1.39. The van der Waals surface area contributed by atoms with Crippen molar-refractivity contribution in [1.29, 1.82) is 0 Å². The molecule has 7 nitrogen and oxygen atoms in total. The first-order chi connectivity index (χ1) is 16.6. The van der Waals surface area contributed by atoms with Gasteiger partial charge in [0.25, 0.3) is 0 Å². The highest BCUT2D eigenvalue weighted by Gasteiger charge is 2.34. The van der Waals surface area contributed by atoms with Gasteiger partial charge in [0.1, 0.15) is 10.6 Å². The highest BCUT2D eigenvalue weighted by molar-refractivity contribution is 7.93. The first kappa shape index (κ1) is 31.1. The lowest BCUT2D eigenvalue weighted by Crippen LogP contribution is -2.40. The first-order valence-corrected chi connectivity index (χ1v) is 17.8. The molecule has 0 atom stereocenters. The fourth-order valence-corrected chi connectivity index (χ4v) is 6.88. The molecule has 2 N–H and O–H groups in total. The lowest BCUT2D eigenvalue weighted by molar-refractivity contribution is -0.137. The first-order valence-electron chi connectivity index (χ1n) is 11.7. The van der Waals surface area contributed by atoms with Crippen LogP contribution in [0, 0.1) is 0 Å². The molecular weight excluding hydrogens is 545 g/mol. The van der Waals surface area contributed by atoms with E-state index in [0.717, 1.165) is 12.1 Å². The van der Waals surface area contributed by atoms with Gasteiger partial charge in [-0.05, 0) is 75.7 Å². The average Bonchev–Trinajstić information content (AvgIpc) is 2.70. The molecule has 2 aromatic carbocycles. The van der Waals surface area contributed by atoms with Crippen LogP contribution in [-0.4, -0.2) is 36.4 Å². The van der Waals surface area contributed by atoms with E-state index in [1.54, 1.807) is 20.8 Å². The minimum Gasteiger partial charge on any atom is -0.544 e. The minimum absolute atomic E-state index is 0.00717. The molecule has 0 spiro atoms. The van der Waals surface area contributed by atoms with Crippen LogP contribution in [0.25, 0.3) is 0 Å². The fourth-order valence-electron chi connectivity index (χ4n) is 3.14. The highest BCUT2D eigenvalue weighted by Crippen LogP contribution is 2.36. The van der Waals surface area contributed by atoms with Crippen LogP contribution in [0.15, 0.2) is 47.4 Å². The molecule has 2 aromatic rings. The van der Waals surface area contributed by atoms with Crippen molar-refractivity contribution in [3.05, 3.63) is 53.6 Å². The quantitative estimate of drug-likeness (QED) is 0.348. The summed E-state index contributed by atoms with van der Waals surface area (Å²) >= 11 is 0. The van der Waals surface area contributed by atoms with Crippen molar-refractivity contribution in [3.8, 4) is 5.75 Å². The monoisotopic (exact) mass is 580 g/mol. The van der Waals surface area contributed by atoms with Crippen molar-refractivity contribution in [2.75, 3.05) is 10.5 Å².